The van der Waals surface area contributed by atoms with Crippen molar-refractivity contribution in [3.63, 3.8) is 0 Å². The van der Waals surface area contributed by atoms with E-state index >= 15 is 0 Å². The van der Waals surface area contributed by atoms with Crippen molar-refractivity contribution in [1.82, 2.24) is 14.7 Å². The van der Waals surface area contributed by atoms with Gasteiger partial charge in [0.1, 0.15) is 28.6 Å². The number of likely N-dealkylation sites (tertiary alicyclic amines) is 1. The van der Waals surface area contributed by atoms with Crippen molar-refractivity contribution in [3.05, 3.63) is 93.9 Å². The van der Waals surface area contributed by atoms with Crippen molar-refractivity contribution in [2.45, 2.75) is 118 Å². The Kier molecular flexibility index (Phi) is 17.0. The van der Waals surface area contributed by atoms with E-state index in [1.54, 1.807) is 37.0 Å². The van der Waals surface area contributed by atoms with Gasteiger partial charge in [0.25, 0.3) is 5.91 Å². The van der Waals surface area contributed by atoms with Crippen LogP contribution in [0.4, 0.5) is 10.5 Å². The standard InChI is InChI=1S/C56H76N6O9/c1-33(2)32-61-24-21-56(22-25-61)58-45-42-43-49(64)38(7)50(65)44(42)52(67)47(46(45)59-56)57-54(68)36(5)16-13-15-34(3)31-37(6)48(63)39(8)53(35(4)17-14-30-70-40(9)51(43)66)71-55(69)62-28-26-60(27-29-62)23-20-41-18-11-10-12-19-41/h10-16,18-19,30,33-35,37,39-40,48,53,63-65,67H,17,20-29,31-32H2,1-9H3,(H,57,68)/b15-13+,30-14+,36-16-/t34?,35-,37-,39-,40?,48?,53-/m1/s1. The molecule has 8 rings (SSSR count). The summed E-state index contributed by atoms with van der Waals surface area (Å²) in [5.41, 5.74) is 0.306. The molecule has 71 heavy (non-hydrogen) atoms. The first-order valence-corrected chi connectivity index (χ1v) is 25.6. The number of aromatic hydroxyl groups is 3. The molecule has 3 aromatic rings. The first-order chi connectivity index (χ1) is 33.8. The smallest absolute Gasteiger partial charge is 0.410 e. The number of anilines is 1. The van der Waals surface area contributed by atoms with Crippen LogP contribution in [0.1, 0.15) is 103 Å². The number of aliphatic hydroxyl groups is 1. The number of allylic oxidation sites excluding steroid dienone is 4. The number of carbonyl (C=O) groups excluding carboxylic acids is 3. The van der Waals surface area contributed by atoms with Gasteiger partial charge in [-0.1, -0.05) is 90.1 Å². The summed E-state index contributed by atoms with van der Waals surface area (Å²) in [7, 11) is 0. The average Bonchev–Trinajstić information content (AvgIpc) is 3.72. The number of amides is 2. The number of nitrogens with zero attached hydrogens (tertiary/aromatic N) is 5. The Morgan fingerprint density at radius 1 is 0.873 bits per heavy atom. The number of carbonyl (C=O) groups is 3. The number of ether oxygens (including phenoxy) is 2. The summed E-state index contributed by atoms with van der Waals surface area (Å²) in [6.07, 6.45) is 8.50. The highest BCUT2D eigenvalue weighted by molar-refractivity contribution is 6.17. The van der Waals surface area contributed by atoms with Gasteiger partial charge in [-0.15, -0.1) is 0 Å². The van der Waals surface area contributed by atoms with Crippen molar-refractivity contribution in [2.24, 2.45) is 39.6 Å². The van der Waals surface area contributed by atoms with E-state index in [9.17, 15) is 34.8 Å². The van der Waals surface area contributed by atoms with Gasteiger partial charge in [-0.2, -0.15) is 0 Å². The van der Waals surface area contributed by atoms with Crippen molar-refractivity contribution in [1.29, 1.82) is 0 Å². The molecule has 5 N–H and O–H groups in total. The van der Waals surface area contributed by atoms with Crippen LogP contribution in [0, 0.1) is 36.5 Å². The van der Waals surface area contributed by atoms with E-state index in [1.165, 1.54) is 18.7 Å². The highest BCUT2D eigenvalue weighted by atomic mass is 16.6. The molecule has 0 aromatic heterocycles. The zero-order valence-electron chi connectivity index (χ0n) is 43.2. The van der Waals surface area contributed by atoms with E-state index in [2.05, 4.69) is 41.1 Å². The normalized spacial score (nSPS) is 27.8. The van der Waals surface area contributed by atoms with Crippen molar-refractivity contribution < 1.29 is 44.3 Å². The maximum atomic E-state index is 14.7. The third-order valence-electron chi connectivity index (χ3n) is 15.0. The average molecular weight is 977 g/mol. The molecule has 384 valence electrons. The van der Waals surface area contributed by atoms with Gasteiger partial charge in [0.05, 0.1) is 28.7 Å². The van der Waals surface area contributed by atoms with E-state index in [4.69, 9.17) is 19.5 Å². The van der Waals surface area contributed by atoms with Crippen molar-refractivity contribution >= 4 is 34.2 Å². The molecule has 5 aliphatic rings. The molecule has 0 saturated carbocycles. The van der Waals surface area contributed by atoms with E-state index in [0.29, 0.717) is 63.4 Å². The quantitative estimate of drug-likeness (QED) is 0.153. The fraction of sp³-hybridized carbons (Fsp3) is 0.554. The first-order valence-electron chi connectivity index (χ1n) is 25.6. The van der Waals surface area contributed by atoms with Crippen LogP contribution in [0.25, 0.3) is 10.8 Å². The summed E-state index contributed by atoms with van der Waals surface area (Å²) in [4.78, 5) is 59.4. The zero-order chi connectivity index (χ0) is 51.3. The lowest BCUT2D eigenvalue weighted by Gasteiger charge is -2.38. The third-order valence-corrected chi connectivity index (χ3v) is 15.0. The van der Waals surface area contributed by atoms with Crippen molar-refractivity contribution in [2.75, 3.05) is 57.7 Å². The Bertz CT molecular complexity index is 2650. The van der Waals surface area contributed by atoms with Gasteiger partial charge in [0, 0.05) is 87.6 Å². The lowest BCUT2D eigenvalue weighted by molar-refractivity contribution is -0.112. The molecular formula is C56H76N6O9. The minimum absolute atomic E-state index is 0.000850. The predicted octanol–water partition coefficient (Wildman–Crippen LogP) is 7.57. The van der Waals surface area contributed by atoms with E-state index in [-0.39, 0.29) is 56.1 Å². The van der Waals surface area contributed by atoms with Gasteiger partial charge in [-0.25, -0.2) is 4.79 Å². The Morgan fingerprint density at radius 3 is 2.23 bits per heavy atom. The number of hydrogen-bond donors (Lipinski definition) is 5. The van der Waals surface area contributed by atoms with Crippen LogP contribution in [0.3, 0.4) is 0 Å². The Labute approximate surface area is 418 Å². The number of fused-ring (bicyclic) bond motifs is 15. The Hall–Kier alpha value is -5.77. The Morgan fingerprint density at radius 2 is 1.55 bits per heavy atom. The molecule has 15 nitrogen and oxygen atoms in total. The largest absolute Gasteiger partial charge is 0.507 e. The summed E-state index contributed by atoms with van der Waals surface area (Å²) < 4.78 is 12.4. The molecule has 3 aromatic carbocycles. The number of hydrogen-bond acceptors (Lipinski definition) is 13. The predicted molar refractivity (Wildman–Crippen MR) is 275 cm³/mol. The number of piperidine rings is 1. The van der Waals surface area contributed by atoms with Crippen LogP contribution < -0.4 is 16.0 Å². The molecular weight excluding hydrogens is 901 g/mol. The molecule has 15 heteroatoms. The van der Waals surface area contributed by atoms with Crippen molar-refractivity contribution in [3.8, 4) is 17.2 Å². The molecule has 2 amide bonds. The SMILES string of the molecule is C/C1=C/C=C/C(C)C[C@@H](C)C(O)[C@@H](C)[C@H](OC(=O)N2CCN(CCc3ccccc3)CC2)[C@H](C)C/C=C/OC(C)C(=O)c2c(O)c(C)c(O)c3c(O)c(c4c(c23)=NC2(CCN(CC(C)C)CC2)N=4)NC1=O. The third kappa shape index (κ3) is 12.0. The van der Waals surface area contributed by atoms with Gasteiger partial charge in [0.2, 0.25) is 5.78 Å². The molecule has 2 fully saturated rings. The van der Waals surface area contributed by atoms with Crippen LogP contribution in [-0.2, 0) is 20.7 Å². The number of Topliss-reactive ketones (excluding diaryl/α,β-unsaturated/α-hetero) is 1. The fourth-order valence-electron chi connectivity index (χ4n) is 10.7. The number of rotatable bonds is 6. The maximum absolute atomic E-state index is 14.7. The summed E-state index contributed by atoms with van der Waals surface area (Å²) in [5, 5.41) is 50.5. The second kappa shape index (κ2) is 22.8. The van der Waals surface area contributed by atoms with Crippen LogP contribution in [-0.4, -0.2) is 129 Å². The highest BCUT2D eigenvalue weighted by Gasteiger charge is 2.40. The molecule has 3 unspecified atom stereocenters. The summed E-state index contributed by atoms with van der Waals surface area (Å²) in [5.74, 6) is -3.10. The van der Waals surface area contributed by atoms with Crippen LogP contribution in [0.15, 0.2) is 76.5 Å². The topological polar surface area (TPSA) is 197 Å². The highest BCUT2D eigenvalue weighted by Crippen LogP contribution is 2.45. The number of aliphatic hydroxyl groups excluding tert-OH is 1. The number of nitrogens with one attached hydrogen (secondary N) is 1. The maximum Gasteiger partial charge on any atom is 0.410 e. The summed E-state index contributed by atoms with van der Waals surface area (Å²) >= 11 is 0. The van der Waals surface area contributed by atoms with Gasteiger partial charge in [-0.3, -0.25) is 24.5 Å². The molecule has 7 atom stereocenters. The van der Waals surface area contributed by atoms with Gasteiger partial charge >= 0.3 is 6.09 Å². The van der Waals surface area contributed by atoms with Crippen LogP contribution >= 0.6 is 0 Å². The monoisotopic (exact) mass is 977 g/mol. The summed E-state index contributed by atoms with van der Waals surface area (Å²) in [6, 6.07) is 10.4. The molecule has 2 saturated heterocycles. The minimum Gasteiger partial charge on any atom is -0.507 e. The second-order valence-corrected chi connectivity index (χ2v) is 21.1. The van der Waals surface area contributed by atoms with Gasteiger partial charge in [0.15, 0.2) is 17.5 Å². The number of piperazine rings is 1. The van der Waals surface area contributed by atoms with E-state index in [1.807, 2.05) is 52.0 Å². The zero-order valence-corrected chi connectivity index (χ0v) is 43.2. The number of ketones is 1. The van der Waals surface area contributed by atoms with Gasteiger partial charge < -0.3 is 45.0 Å². The lowest BCUT2D eigenvalue weighted by Crippen LogP contribution is -2.51. The number of phenols is 3. The van der Waals surface area contributed by atoms with Crippen LogP contribution in [0.5, 0.6) is 17.2 Å². The molecule has 5 heterocycles. The van der Waals surface area contributed by atoms with Crippen LogP contribution in [0.2, 0.25) is 0 Å². The number of benzene rings is 3. The van der Waals surface area contributed by atoms with E-state index in [0.717, 1.165) is 32.6 Å². The first kappa shape index (κ1) is 53.0. The molecule has 4 bridgehead atoms. The second-order valence-electron chi connectivity index (χ2n) is 21.1. The number of phenolic OH excluding ortho intramolecular Hbond substituents is 3. The molecule has 5 aliphatic heterocycles. The van der Waals surface area contributed by atoms with Gasteiger partial charge in [-0.05, 0) is 75.3 Å². The minimum atomic E-state index is -1.17. The molecule has 1 spiro atoms. The molecule has 0 radical (unpaired) electrons. The fourth-order valence-corrected chi connectivity index (χ4v) is 10.7. The molecule has 0 aliphatic carbocycles. The van der Waals surface area contributed by atoms with E-state index < -0.39 is 64.9 Å². The lowest BCUT2D eigenvalue weighted by atomic mass is 9.80. The summed E-state index contributed by atoms with van der Waals surface area (Å²) in [6.45, 7) is 22.6. The Balaban J connectivity index is 1.21.